The molecule has 0 saturated heterocycles. The topological polar surface area (TPSA) is 68.9 Å². The van der Waals surface area contributed by atoms with Crippen molar-refractivity contribution < 1.29 is 4.92 Å². The maximum Gasteiger partial charge on any atom is 0.297 e. The Morgan fingerprint density at radius 2 is 2.00 bits per heavy atom. The highest BCUT2D eigenvalue weighted by Gasteiger charge is 2.16. The van der Waals surface area contributed by atoms with Crippen LogP contribution in [0.5, 0.6) is 0 Å². The molecular weight excluding hydrogens is 241 g/mol. The van der Waals surface area contributed by atoms with Crippen LogP contribution in [0.15, 0.2) is 18.5 Å². The van der Waals surface area contributed by atoms with E-state index in [0.717, 1.165) is 0 Å². The van der Waals surface area contributed by atoms with Crippen LogP contribution in [-0.2, 0) is 0 Å². The van der Waals surface area contributed by atoms with Gasteiger partial charge in [-0.2, -0.15) is 0 Å². The summed E-state index contributed by atoms with van der Waals surface area (Å²) in [6.45, 7) is 0. The first-order valence-electron chi connectivity index (χ1n) is 3.84. The molecule has 0 aliphatic carbocycles. The second kappa shape index (κ2) is 3.60. The molecule has 5 nitrogen and oxygen atoms in total. The van der Waals surface area contributed by atoms with E-state index in [9.17, 15) is 10.1 Å². The Bertz CT molecular complexity index is 559. The van der Waals surface area contributed by atoms with E-state index >= 15 is 0 Å². The Labute approximate surface area is 93.8 Å². The lowest BCUT2D eigenvalue weighted by atomic mass is 10.2. The number of hydrogen-bond acceptors (Lipinski definition) is 4. The van der Waals surface area contributed by atoms with Gasteiger partial charge in [-0.15, -0.1) is 0 Å². The number of hydrogen-bond donors (Lipinski definition) is 0. The minimum absolute atomic E-state index is 0.144. The number of halogens is 2. The molecule has 0 saturated carbocycles. The first kappa shape index (κ1) is 10.1. The third kappa shape index (κ3) is 1.71. The number of non-ortho nitro benzene ring substituents is 1. The molecule has 2 aromatic rings. The number of aromatic nitrogens is 2. The van der Waals surface area contributed by atoms with Gasteiger partial charge >= 0.3 is 0 Å². The molecule has 0 fully saturated rings. The number of benzene rings is 1. The van der Waals surface area contributed by atoms with E-state index in [1.807, 2.05) is 0 Å². The highest BCUT2D eigenvalue weighted by molar-refractivity contribution is 6.36. The van der Waals surface area contributed by atoms with Gasteiger partial charge in [0.1, 0.15) is 11.5 Å². The summed E-state index contributed by atoms with van der Waals surface area (Å²) in [6, 6.07) is 2.72. The van der Waals surface area contributed by atoms with Crippen molar-refractivity contribution in [3.8, 4) is 0 Å². The quantitative estimate of drug-likeness (QED) is 0.439. The van der Waals surface area contributed by atoms with Gasteiger partial charge in [0.2, 0.25) is 0 Å². The molecule has 0 aliphatic rings. The maximum atomic E-state index is 10.7. The van der Waals surface area contributed by atoms with Gasteiger partial charge in [0.15, 0.2) is 5.52 Å². The van der Waals surface area contributed by atoms with Crippen LogP contribution in [0, 0.1) is 10.1 Å². The summed E-state index contributed by atoms with van der Waals surface area (Å²) in [5.74, 6) is 0. The Balaban J connectivity index is 2.92. The lowest BCUT2D eigenvalue weighted by Crippen LogP contribution is -1.93. The third-order valence-electron chi connectivity index (χ3n) is 1.83. The second-order valence-electron chi connectivity index (χ2n) is 2.74. The van der Waals surface area contributed by atoms with E-state index in [0.29, 0.717) is 5.39 Å². The van der Waals surface area contributed by atoms with Crippen molar-refractivity contribution in [1.29, 1.82) is 0 Å². The number of nitrogens with zero attached hydrogens (tertiary/aromatic N) is 3. The molecule has 0 atom stereocenters. The summed E-state index contributed by atoms with van der Waals surface area (Å²) in [7, 11) is 0. The molecule has 15 heavy (non-hydrogen) atoms. The maximum absolute atomic E-state index is 10.7. The van der Waals surface area contributed by atoms with E-state index in [-0.39, 0.29) is 21.4 Å². The molecule has 7 heteroatoms. The van der Waals surface area contributed by atoms with E-state index < -0.39 is 4.92 Å². The van der Waals surface area contributed by atoms with Crippen molar-refractivity contribution in [2.24, 2.45) is 0 Å². The predicted molar refractivity (Wildman–Crippen MR) is 56.2 cm³/mol. The fourth-order valence-corrected chi connectivity index (χ4v) is 1.62. The summed E-state index contributed by atoms with van der Waals surface area (Å²) < 4.78 is 0. The largest absolute Gasteiger partial charge is 0.297 e. The number of rotatable bonds is 1. The minimum atomic E-state index is -0.558. The SMILES string of the molecule is O=[N+]([O-])c1cc(Cl)cc2c(Cl)ncnc12. The average Bonchev–Trinajstić information content (AvgIpc) is 2.18. The van der Waals surface area contributed by atoms with Gasteiger partial charge in [0, 0.05) is 16.5 Å². The average molecular weight is 244 g/mol. The molecule has 1 heterocycles. The van der Waals surface area contributed by atoms with E-state index in [4.69, 9.17) is 23.2 Å². The van der Waals surface area contributed by atoms with E-state index in [2.05, 4.69) is 9.97 Å². The fourth-order valence-electron chi connectivity index (χ4n) is 1.22. The number of fused-ring (bicyclic) bond motifs is 1. The summed E-state index contributed by atoms with van der Waals surface area (Å²) in [4.78, 5) is 17.7. The molecule has 1 aromatic carbocycles. The molecule has 76 valence electrons. The van der Waals surface area contributed by atoms with Crippen LogP contribution in [0.25, 0.3) is 10.9 Å². The Morgan fingerprint density at radius 3 is 2.67 bits per heavy atom. The van der Waals surface area contributed by atoms with Crippen LogP contribution in [0.1, 0.15) is 0 Å². The van der Waals surface area contributed by atoms with Crippen LogP contribution >= 0.6 is 23.2 Å². The molecular formula is C8H3Cl2N3O2. The normalized spacial score (nSPS) is 10.5. The van der Waals surface area contributed by atoms with Crippen LogP contribution in [0.2, 0.25) is 10.2 Å². The van der Waals surface area contributed by atoms with Gasteiger partial charge in [-0.3, -0.25) is 10.1 Å². The number of nitro benzene ring substituents is 1. The monoisotopic (exact) mass is 243 g/mol. The van der Waals surface area contributed by atoms with E-state index in [1.54, 1.807) is 0 Å². The summed E-state index contributed by atoms with van der Waals surface area (Å²) in [5, 5.41) is 11.5. The molecule has 0 spiro atoms. The molecule has 0 bridgehead atoms. The summed E-state index contributed by atoms with van der Waals surface area (Å²) in [6.07, 6.45) is 1.17. The van der Waals surface area contributed by atoms with Gasteiger partial charge in [0.05, 0.1) is 4.92 Å². The first-order valence-corrected chi connectivity index (χ1v) is 4.59. The number of nitro groups is 1. The van der Waals surface area contributed by atoms with Crippen molar-refractivity contribution >= 4 is 39.8 Å². The van der Waals surface area contributed by atoms with Crippen molar-refractivity contribution in [2.75, 3.05) is 0 Å². The molecule has 0 amide bonds. The van der Waals surface area contributed by atoms with Crippen molar-refractivity contribution in [2.45, 2.75) is 0 Å². The van der Waals surface area contributed by atoms with Gasteiger partial charge in [0.25, 0.3) is 5.69 Å². The third-order valence-corrected chi connectivity index (χ3v) is 2.35. The molecule has 0 radical (unpaired) electrons. The van der Waals surface area contributed by atoms with Crippen LogP contribution in [0.3, 0.4) is 0 Å². The van der Waals surface area contributed by atoms with Crippen molar-refractivity contribution in [1.82, 2.24) is 9.97 Å². The van der Waals surface area contributed by atoms with Crippen LogP contribution < -0.4 is 0 Å². The molecule has 0 aliphatic heterocycles. The van der Waals surface area contributed by atoms with Crippen molar-refractivity contribution in [3.05, 3.63) is 38.8 Å². The van der Waals surface area contributed by atoms with E-state index in [1.165, 1.54) is 18.5 Å². The Morgan fingerprint density at radius 1 is 1.27 bits per heavy atom. The standard InChI is InChI=1S/C8H3Cl2N3O2/c9-4-1-5-7(6(2-4)13(14)15)11-3-12-8(5)10/h1-3H. The fraction of sp³-hybridized carbons (Fsp3) is 0. The highest BCUT2D eigenvalue weighted by Crippen LogP contribution is 2.30. The molecule has 1 aromatic heterocycles. The van der Waals surface area contributed by atoms with Gasteiger partial charge in [-0.1, -0.05) is 23.2 Å². The van der Waals surface area contributed by atoms with Gasteiger partial charge in [-0.05, 0) is 6.07 Å². The van der Waals surface area contributed by atoms with Gasteiger partial charge in [-0.25, -0.2) is 9.97 Å². The molecule has 0 unspecified atom stereocenters. The molecule has 2 rings (SSSR count). The highest BCUT2D eigenvalue weighted by atomic mass is 35.5. The zero-order valence-electron chi connectivity index (χ0n) is 7.15. The van der Waals surface area contributed by atoms with Gasteiger partial charge < -0.3 is 0 Å². The lowest BCUT2D eigenvalue weighted by molar-refractivity contribution is -0.383. The van der Waals surface area contributed by atoms with Crippen LogP contribution in [-0.4, -0.2) is 14.9 Å². The summed E-state index contributed by atoms with van der Waals surface area (Å²) in [5.41, 5.74) is 0.00574. The second-order valence-corrected chi connectivity index (χ2v) is 3.54. The lowest BCUT2D eigenvalue weighted by Gasteiger charge is -2.00. The zero-order chi connectivity index (χ0) is 11.0. The summed E-state index contributed by atoms with van der Waals surface area (Å²) >= 11 is 11.5. The Kier molecular flexibility index (Phi) is 2.42. The van der Waals surface area contributed by atoms with Crippen LogP contribution in [0.4, 0.5) is 5.69 Å². The zero-order valence-corrected chi connectivity index (χ0v) is 8.66. The van der Waals surface area contributed by atoms with Crippen molar-refractivity contribution in [3.63, 3.8) is 0 Å². The predicted octanol–water partition coefficient (Wildman–Crippen LogP) is 2.84. The molecule has 0 N–H and O–H groups in total. The minimum Gasteiger partial charge on any atom is -0.258 e. The smallest absolute Gasteiger partial charge is 0.258 e. The Hall–Kier alpha value is -1.46. The first-order chi connectivity index (χ1) is 7.09.